The van der Waals surface area contributed by atoms with Crippen molar-refractivity contribution in [2.45, 2.75) is 13.8 Å². The molecule has 1 aliphatic carbocycles. The Labute approximate surface area is 320 Å². The average molecular weight is 701 g/mol. The van der Waals surface area contributed by atoms with E-state index in [0.29, 0.717) is 0 Å². The normalized spacial score (nSPS) is 11.8. The van der Waals surface area contributed by atoms with Gasteiger partial charge in [-0.05, 0) is 109 Å². The van der Waals surface area contributed by atoms with Crippen molar-refractivity contribution in [3.8, 4) is 78.1 Å². The summed E-state index contributed by atoms with van der Waals surface area (Å²) in [5.41, 5.74) is 19.3. The van der Waals surface area contributed by atoms with Crippen molar-refractivity contribution in [3.05, 3.63) is 193 Å². The summed E-state index contributed by atoms with van der Waals surface area (Å²) in [6, 6.07) is 66.6. The van der Waals surface area contributed by atoms with E-state index in [1.807, 2.05) is 0 Å². The topological polar surface area (TPSA) is 13.1 Å². The Morgan fingerprint density at radius 2 is 0.800 bits per heavy atom. The zero-order valence-electron chi connectivity index (χ0n) is 30.7. The van der Waals surface area contributed by atoms with Gasteiger partial charge in [0, 0.05) is 16.5 Å². The zero-order valence-corrected chi connectivity index (χ0v) is 30.7. The Hall–Kier alpha value is -6.96. The van der Waals surface area contributed by atoms with Gasteiger partial charge >= 0.3 is 0 Å². The Morgan fingerprint density at radius 3 is 1.42 bits per heavy atom. The molecule has 1 heteroatoms. The van der Waals surface area contributed by atoms with Gasteiger partial charge in [-0.25, -0.2) is 0 Å². The van der Waals surface area contributed by atoms with Gasteiger partial charge < -0.3 is 4.42 Å². The average Bonchev–Trinajstić information content (AvgIpc) is 3.78. The summed E-state index contributed by atoms with van der Waals surface area (Å²) in [5.74, 6) is 0.904. The number of hydrogen-bond donors (Lipinski definition) is 0. The highest BCUT2D eigenvalue weighted by atomic mass is 16.3. The minimum Gasteiger partial charge on any atom is -0.455 e. The third kappa shape index (κ3) is 4.87. The van der Waals surface area contributed by atoms with E-state index in [1.54, 1.807) is 0 Å². The van der Waals surface area contributed by atoms with Gasteiger partial charge in [-0.3, -0.25) is 0 Å². The molecule has 55 heavy (non-hydrogen) atoms. The molecule has 0 fully saturated rings. The van der Waals surface area contributed by atoms with Crippen LogP contribution >= 0.6 is 0 Å². The van der Waals surface area contributed by atoms with Crippen molar-refractivity contribution in [1.82, 2.24) is 0 Å². The van der Waals surface area contributed by atoms with Crippen molar-refractivity contribution >= 4 is 32.5 Å². The maximum absolute atomic E-state index is 6.87. The molecule has 0 spiro atoms. The molecule has 0 N–H and O–H groups in total. The quantitative estimate of drug-likeness (QED) is 0.174. The Balaban J connectivity index is 1.17. The van der Waals surface area contributed by atoms with E-state index < -0.39 is 0 Å². The van der Waals surface area contributed by atoms with Crippen LogP contribution in [-0.2, 0) is 0 Å². The highest BCUT2D eigenvalue weighted by molar-refractivity contribution is 6.28. The van der Waals surface area contributed by atoms with Crippen molar-refractivity contribution in [3.63, 3.8) is 0 Å². The molecule has 1 heterocycles. The first kappa shape index (κ1) is 31.6. The molecule has 11 rings (SSSR count). The minimum absolute atomic E-state index is 0.888. The molecular formula is C54H36O. The summed E-state index contributed by atoms with van der Waals surface area (Å²) in [4.78, 5) is 0. The number of benzene rings is 9. The van der Waals surface area contributed by atoms with Crippen LogP contribution in [0.15, 0.2) is 186 Å². The van der Waals surface area contributed by atoms with Crippen LogP contribution in [0.5, 0.6) is 0 Å². The van der Waals surface area contributed by atoms with Gasteiger partial charge in [-0.2, -0.15) is 0 Å². The molecule has 0 radical (unpaired) electrons. The van der Waals surface area contributed by atoms with Crippen molar-refractivity contribution in [2.75, 3.05) is 0 Å². The van der Waals surface area contributed by atoms with Crippen LogP contribution in [0.3, 0.4) is 0 Å². The van der Waals surface area contributed by atoms with E-state index in [-0.39, 0.29) is 0 Å². The second kappa shape index (κ2) is 12.3. The molecule has 9 aromatic carbocycles. The van der Waals surface area contributed by atoms with Crippen LogP contribution in [-0.4, -0.2) is 0 Å². The Morgan fingerprint density at radius 1 is 0.309 bits per heavy atom. The molecule has 1 nitrogen and oxygen atoms in total. The van der Waals surface area contributed by atoms with E-state index in [4.69, 9.17) is 4.42 Å². The summed E-state index contributed by atoms with van der Waals surface area (Å²) in [6.07, 6.45) is 0. The molecule has 1 aromatic heterocycles. The molecular weight excluding hydrogens is 665 g/mol. The largest absolute Gasteiger partial charge is 0.455 e. The monoisotopic (exact) mass is 700 g/mol. The van der Waals surface area contributed by atoms with E-state index in [2.05, 4.69) is 196 Å². The van der Waals surface area contributed by atoms with Crippen LogP contribution in [0.1, 0.15) is 11.1 Å². The highest BCUT2D eigenvalue weighted by Gasteiger charge is 2.31. The van der Waals surface area contributed by atoms with Crippen molar-refractivity contribution < 1.29 is 4.42 Å². The molecule has 10 aromatic rings. The van der Waals surface area contributed by atoms with E-state index in [1.165, 1.54) is 82.7 Å². The number of furan rings is 1. The molecule has 0 saturated heterocycles. The third-order valence-electron chi connectivity index (χ3n) is 11.6. The lowest BCUT2D eigenvalue weighted by Crippen LogP contribution is -1.93. The van der Waals surface area contributed by atoms with Crippen LogP contribution in [0.2, 0.25) is 0 Å². The van der Waals surface area contributed by atoms with Crippen molar-refractivity contribution in [2.24, 2.45) is 0 Å². The number of rotatable bonds is 5. The lowest BCUT2D eigenvalue weighted by molar-refractivity contribution is 0.632. The molecule has 0 atom stereocenters. The third-order valence-corrected chi connectivity index (χ3v) is 11.6. The molecule has 0 amide bonds. The van der Waals surface area contributed by atoms with Gasteiger partial charge in [0.2, 0.25) is 0 Å². The van der Waals surface area contributed by atoms with Gasteiger partial charge in [0.1, 0.15) is 11.3 Å². The molecule has 258 valence electrons. The molecule has 0 aliphatic heterocycles. The fourth-order valence-electron chi connectivity index (χ4n) is 9.04. The van der Waals surface area contributed by atoms with Gasteiger partial charge in [0.15, 0.2) is 0 Å². The number of fused-ring (bicyclic) bond motifs is 5. The van der Waals surface area contributed by atoms with Crippen LogP contribution in [0.4, 0.5) is 0 Å². The summed E-state index contributed by atoms with van der Waals surface area (Å²) in [7, 11) is 0. The van der Waals surface area contributed by atoms with Crippen molar-refractivity contribution in [1.29, 1.82) is 0 Å². The SMILES string of the molecule is Cc1ccc(-c2oc3cc(-c4ccc5c6c(cccc46)-c4c-5c(-c5ccccc5)c5ccccc5c4-c4ccccc4)ccc3c2-c2ccc(C)cc2)cc1. The van der Waals surface area contributed by atoms with Gasteiger partial charge in [0.05, 0.1) is 0 Å². The maximum atomic E-state index is 6.87. The fraction of sp³-hybridized carbons (Fsp3) is 0.0370. The van der Waals surface area contributed by atoms with Gasteiger partial charge in [0.25, 0.3) is 0 Å². The molecule has 0 bridgehead atoms. The van der Waals surface area contributed by atoms with E-state index in [0.717, 1.165) is 39.0 Å². The standard InChI is InChI=1S/C54H36O/c1-33-20-24-37(25-21-33)50-44-29-28-39(32-47(44)55-54(50)38-26-22-34(2)23-27-38)40-30-31-46-51-41(40)18-11-19-45(51)52-48(35-12-5-3-6-13-35)42-16-9-10-17-43(42)49(53(46)52)36-14-7-4-8-15-36/h3-32H,1-2H3. The fourth-order valence-corrected chi connectivity index (χ4v) is 9.04. The summed E-state index contributed by atoms with van der Waals surface area (Å²) in [6.45, 7) is 4.26. The predicted octanol–water partition coefficient (Wildman–Crippen LogP) is 15.3. The first-order valence-corrected chi connectivity index (χ1v) is 19.1. The summed E-state index contributed by atoms with van der Waals surface area (Å²) >= 11 is 0. The first-order valence-electron chi connectivity index (χ1n) is 19.1. The lowest BCUT2D eigenvalue weighted by Gasteiger charge is -2.20. The highest BCUT2D eigenvalue weighted by Crippen LogP contribution is 2.58. The Kier molecular flexibility index (Phi) is 7.06. The second-order valence-corrected chi connectivity index (χ2v) is 14.9. The van der Waals surface area contributed by atoms with E-state index in [9.17, 15) is 0 Å². The molecule has 0 unspecified atom stereocenters. The zero-order chi connectivity index (χ0) is 36.6. The number of hydrogen-bond acceptors (Lipinski definition) is 1. The summed E-state index contributed by atoms with van der Waals surface area (Å²) in [5, 5.41) is 6.21. The maximum Gasteiger partial charge on any atom is 0.143 e. The number of aryl methyl sites for hydroxylation is 2. The minimum atomic E-state index is 0.888. The second-order valence-electron chi connectivity index (χ2n) is 14.9. The lowest BCUT2D eigenvalue weighted by atomic mass is 9.82. The van der Waals surface area contributed by atoms with Gasteiger partial charge in [-0.1, -0.05) is 181 Å². The smallest absolute Gasteiger partial charge is 0.143 e. The van der Waals surface area contributed by atoms with Crippen LogP contribution in [0.25, 0.3) is 111 Å². The predicted molar refractivity (Wildman–Crippen MR) is 232 cm³/mol. The van der Waals surface area contributed by atoms with Gasteiger partial charge in [-0.15, -0.1) is 0 Å². The van der Waals surface area contributed by atoms with Crippen LogP contribution < -0.4 is 0 Å². The molecule has 0 saturated carbocycles. The van der Waals surface area contributed by atoms with E-state index >= 15 is 0 Å². The Bertz CT molecular complexity index is 3020. The first-order chi connectivity index (χ1) is 27.1. The summed E-state index contributed by atoms with van der Waals surface area (Å²) < 4.78 is 6.87. The molecule has 1 aliphatic rings. The van der Waals surface area contributed by atoms with Crippen LogP contribution in [0, 0.1) is 13.8 Å².